The lowest BCUT2D eigenvalue weighted by atomic mass is 9.95. The Morgan fingerprint density at radius 3 is 2.96 bits per heavy atom. The zero-order valence-electron chi connectivity index (χ0n) is 12.8. The third-order valence-electron chi connectivity index (χ3n) is 3.68. The first-order chi connectivity index (χ1) is 11.5. The van der Waals surface area contributed by atoms with E-state index in [4.69, 9.17) is 26.3 Å². The maximum Gasteiger partial charge on any atom is 0.309 e. The van der Waals surface area contributed by atoms with Gasteiger partial charge in [-0.15, -0.1) is 0 Å². The molecule has 2 aromatic rings. The number of H-pyrrole nitrogens is 1. The van der Waals surface area contributed by atoms with E-state index in [1.165, 1.54) is 6.07 Å². The summed E-state index contributed by atoms with van der Waals surface area (Å²) in [6, 6.07) is 8.29. The van der Waals surface area contributed by atoms with Gasteiger partial charge >= 0.3 is 5.97 Å². The molecule has 1 aromatic heterocycles. The van der Waals surface area contributed by atoms with Crippen LogP contribution in [0.5, 0.6) is 5.75 Å². The Balaban J connectivity index is 2.14. The van der Waals surface area contributed by atoms with Gasteiger partial charge in [0.2, 0.25) is 0 Å². The fourth-order valence-electron chi connectivity index (χ4n) is 2.65. The van der Waals surface area contributed by atoms with Crippen LogP contribution in [-0.2, 0) is 9.53 Å². The number of aromatic nitrogens is 1. The van der Waals surface area contributed by atoms with Crippen LogP contribution in [0.2, 0.25) is 5.02 Å². The van der Waals surface area contributed by atoms with E-state index in [1.807, 2.05) is 6.07 Å². The number of rotatable bonds is 3. The van der Waals surface area contributed by atoms with Crippen LogP contribution in [0.15, 0.2) is 29.1 Å². The average molecular weight is 345 g/mol. The molecule has 3 rings (SSSR count). The number of ether oxygens (including phenoxy) is 2. The zero-order valence-corrected chi connectivity index (χ0v) is 13.5. The van der Waals surface area contributed by atoms with Gasteiger partial charge in [0.15, 0.2) is 0 Å². The molecule has 0 amide bonds. The lowest BCUT2D eigenvalue weighted by Gasteiger charge is -2.28. The molecule has 6 nitrogen and oxygen atoms in total. The molecule has 1 aliphatic rings. The van der Waals surface area contributed by atoms with E-state index >= 15 is 0 Å². The first-order valence-corrected chi connectivity index (χ1v) is 7.70. The van der Waals surface area contributed by atoms with Crippen LogP contribution in [0, 0.1) is 11.3 Å². The van der Waals surface area contributed by atoms with Crippen molar-refractivity contribution >= 4 is 17.6 Å². The van der Waals surface area contributed by atoms with E-state index in [0.717, 1.165) is 0 Å². The highest BCUT2D eigenvalue weighted by Gasteiger charge is 2.30. The second-order valence-electron chi connectivity index (χ2n) is 5.21. The van der Waals surface area contributed by atoms with Gasteiger partial charge in [-0.2, -0.15) is 5.26 Å². The van der Waals surface area contributed by atoms with Crippen molar-refractivity contribution in [2.75, 3.05) is 6.61 Å². The van der Waals surface area contributed by atoms with Crippen LogP contribution < -0.4 is 10.3 Å². The van der Waals surface area contributed by atoms with Crippen LogP contribution in [0.3, 0.4) is 0 Å². The highest BCUT2D eigenvalue weighted by Crippen LogP contribution is 2.43. The minimum atomic E-state index is -0.656. The molecule has 0 radical (unpaired) electrons. The predicted molar refractivity (Wildman–Crippen MR) is 86.8 cm³/mol. The summed E-state index contributed by atoms with van der Waals surface area (Å²) in [5.74, 6) is 0.0807. The molecule has 2 heterocycles. The lowest BCUT2D eigenvalue weighted by molar-refractivity contribution is -0.145. The molecule has 0 saturated carbocycles. The molecular weight excluding hydrogens is 332 g/mol. The third-order valence-corrected chi connectivity index (χ3v) is 3.91. The number of nitriles is 1. The van der Waals surface area contributed by atoms with E-state index in [1.54, 1.807) is 25.1 Å². The molecule has 1 aromatic carbocycles. The zero-order chi connectivity index (χ0) is 17.3. The summed E-state index contributed by atoms with van der Waals surface area (Å²) in [5, 5.41) is 9.57. The van der Waals surface area contributed by atoms with Gasteiger partial charge in [0, 0.05) is 16.1 Å². The van der Waals surface area contributed by atoms with Crippen molar-refractivity contribution in [2.24, 2.45) is 0 Å². The molecule has 0 spiro atoms. The van der Waals surface area contributed by atoms with E-state index in [-0.39, 0.29) is 18.6 Å². The van der Waals surface area contributed by atoms with Crippen LogP contribution >= 0.6 is 11.6 Å². The van der Waals surface area contributed by atoms with Gasteiger partial charge in [0.1, 0.15) is 23.5 Å². The van der Waals surface area contributed by atoms with Crippen molar-refractivity contribution in [3.63, 3.8) is 0 Å². The maximum atomic E-state index is 12.0. The topological polar surface area (TPSA) is 92.2 Å². The van der Waals surface area contributed by atoms with Gasteiger partial charge in [-0.05, 0) is 31.2 Å². The number of fused-ring (bicyclic) bond motifs is 3. The first-order valence-electron chi connectivity index (χ1n) is 7.33. The van der Waals surface area contributed by atoms with Gasteiger partial charge < -0.3 is 14.5 Å². The van der Waals surface area contributed by atoms with Crippen LogP contribution in [0.4, 0.5) is 0 Å². The summed E-state index contributed by atoms with van der Waals surface area (Å²) in [4.78, 5) is 26.6. The predicted octanol–water partition coefficient (Wildman–Crippen LogP) is 2.95. The summed E-state index contributed by atoms with van der Waals surface area (Å²) in [7, 11) is 0. The Labute approximate surface area is 142 Å². The van der Waals surface area contributed by atoms with Gasteiger partial charge in [-0.1, -0.05) is 11.6 Å². The smallest absolute Gasteiger partial charge is 0.309 e. The minimum absolute atomic E-state index is 0.0280. The number of hydrogen-bond donors (Lipinski definition) is 1. The molecule has 24 heavy (non-hydrogen) atoms. The molecule has 0 bridgehead atoms. The van der Waals surface area contributed by atoms with Crippen LogP contribution in [0.1, 0.15) is 30.6 Å². The Morgan fingerprint density at radius 1 is 1.46 bits per heavy atom. The van der Waals surface area contributed by atoms with Crippen molar-refractivity contribution < 1.29 is 14.3 Å². The summed E-state index contributed by atoms with van der Waals surface area (Å²) in [6.45, 7) is 1.98. The van der Waals surface area contributed by atoms with Crippen molar-refractivity contribution in [3.05, 3.63) is 50.8 Å². The highest BCUT2D eigenvalue weighted by atomic mass is 35.5. The number of benzene rings is 1. The van der Waals surface area contributed by atoms with Crippen LogP contribution in [0.25, 0.3) is 11.3 Å². The molecule has 0 aliphatic carbocycles. The maximum absolute atomic E-state index is 12.0. The van der Waals surface area contributed by atoms with E-state index < -0.39 is 17.6 Å². The van der Waals surface area contributed by atoms with Crippen LogP contribution in [-0.4, -0.2) is 17.6 Å². The molecule has 0 saturated heterocycles. The fraction of sp³-hybridized carbons (Fsp3) is 0.235. The van der Waals surface area contributed by atoms with Gasteiger partial charge in [0.25, 0.3) is 5.56 Å². The van der Waals surface area contributed by atoms with E-state index in [9.17, 15) is 9.59 Å². The third kappa shape index (κ3) is 2.86. The molecular formula is C17H13ClN2O4. The highest BCUT2D eigenvalue weighted by molar-refractivity contribution is 6.31. The van der Waals surface area contributed by atoms with E-state index in [0.29, 0.717) is 27.6 Å². The number of nitrogens with one attached hydrogen (secondary N) is 1. The summed E-state index contributed by atoms with van der Waals surface area (Å²) < 4.78 is 10.8. The summed E-state index contributed by atoms with van der Waals surface area (Å²) in [6.07, 6.45) is -0.684. The largest absolute Gasteiger partial charge is 0.484 e. The second-order valence-corrected chi connectivity index (χ2v) is 5.65. The van der Waals surface area contributed by atoms with Crippen molar-refractivity contribution in [1.82, 2.24) is 4.98 Å². The summed E-state index contributed by atoms with van der Waals surface area (Å²) >= 11 is 6.03. The Morgan fingerprint density at radius 2 is 2.25 bits per heavy atom. The van der Waals surface area contributed by atoms with Crippen molar-refractivity contribution in [2.45, 2.75) is 19.4 Å². The number of nitrogens with zero attached hydrogens (tertiary/aromatic N) is 1. The quantitative estimate of drug-likeness (QED) is 0.864. The number of carbonyl (C=O) groups excluding carboxylic acids is 1. The lowest BCUT2D eigenvalue weighted by Crippen LogP contribution is -2.23. The Bertz CT molecular complexity index is 914. The van der Waals surface area contributed by atoms with Crippen molar-refractivity contribution in [1.29, 1.82) is 5.26 Å². The molecule has 7 heteroatoms. The molecule has 1 aliphatic heterocycles. The SMILES string of the molecule is CCOC(=O)CC1Oc2ccc(Cl)cc2-c2[nH]c(=O)c(C#N)cc21. The molecule has 0 fully saturated rings. The monoisotopic (exact) mass is 344 g/mol. The molecule has 122 valence electrons. The number of esters is 1. The number of pyridine rings is 1. The number of halogens is 1. The normalized spacial score (nSPS) is 14.8. The Kier molecular flexibility index (Phi) is 4.28. The molecule has 1 N–H and O–H groups in total. The number of carbonyl (C=O) groups is 1. The minimum Gasteiger partial charge on any atom is -0.484 e. The summed E-state index contributed by atoms with van der Waals surface area (Å²) in [5.41, 5.74) is 1.11. The molecule has 1 atom stereocenters. The fourth-order valence-corrected chi connectivity index (χ4v) is 2.82. The second kappa shape index (κ2) is 6.38. The van der Waals surface area contributed by atoms with Gasteiger partial charge in [-0.25, -0.2) is 0 Å². The Hall–Kier alpha value is -2.78. The van der Waals surface area contributed by atoms with Crippen molar-refractivity contribution in [3.8, 4) is 23.1 Å². The van der Waals surface area contributed by atoms with Gasteiger partial charge in [-0.3, -0.25) is 9.59 Å². The first kappa shape index (κ1) is 16.1. The standard InChI is InChI=1S/C17H13ClN2O4/c1-2-23-15(21)7-14-11-5-9(8-19)17(22)20-16(11)12-6-10(18)3-4-13(12)24-14/h3-6,14H,2,7H2,1H3,(H,20,22). The van der Waals surface area contributed by atoms with E-state index in [2.05, 4.69) is 4.98 Å². The van der Waals surface area contributed by atoms with Gasteiger partial charge in [0.05, 0.1) is 18.7 Å². The molecule has 1 unspecified atom stereocenters. The number of aromatic amines is 1. The number of hydrogen-bond acceptors (Lipinski definition) is 5. The average Bonchev–Trinajstić information content (AvgIpc) is 2.55.